The lowest BCUT2D eigenvalue weighted by Gasteiger charge is -2.11. The molecule has 0 atom stereocenters. The van der Waals surface area contributed by atoms with Crippen LogP contribution in [0.3, 0.4) is 0 Å². The molecule has 4 heteroatoms. The van der Waals surface area contributed by atoms with Gasteiger partial charge in [0.2, 0.25) is 11.8 Å². The lowest BCUT2D eigenvalue weighted by atomic mass is 10.0. The molecule has 1 aromatic heterocycles. The fraction of sp³-hybridized carbons (Fsp3) is 0.176. The van der Waals surface area contributed by atoms with Crippen LogP contribution in [-0.2, 0) is 0 Å². The molecule has 3 rings (SSSR count). The summed E-state index contributed by atoms with van der Waals surface area (Å²) in [7, 11) is 0. The lowest BCUT2D eigenvalue weighted by Crippen LogP contribution is -2.08. The van der Waals surface area contributed by atoms with E-state index in [1.54, 1.807) is 0 Å². The van der Waals surface area contributed by atoms with Gasteiger partial charge >= 0.3 is 0 Å². The summed E-state index contributed by atoms with van der Waals surface area (Å²) >= 11 is 0. The second-order valence-electron chi connectivity index (χ2n) is 5.14. The number of fused-ring (bicyclic) bond motifs is 1. The molecule has 0 fully saturated rings. The summed E-state index contributed by atoms with van der Waals surface area (Å²) in [6.07, 6.45) is 0.0414. The Morgan fingerprint density at radius 1 is 1.00 bits per heavy atom. The first-order valence-corrected chi connectivity index (χ1v) is 6.93. The minimum Gasteiger partial charge on any atom is -0.475 e. The lowest BCUT2D eigenvalue weighted by molar-refractivity contribution is 0.233. The number of hydrogen-bond acceptors (Lipinski definition) is 4. The Bertz CT molecular complexity index is 779. The maximum Gasteiger partial charge on any atom is 0.223 e. The summed E-state index contributed by atoms with van der Waals surface area (Å²) in [6.45, 7) is 3.91. The molecule has 0 saturated heterocycles. The second-order valence-corrected chi connectivity index (χ2v) is 5.14. The van der Waals surface area contributed by atoms with Crippen LogP contribution in [0.2, 0.25) is 0 Å². The molecular formula is C17H17N3O. The molecular weight excluding hydrogens is 262 g/mol. The highest BCUT2D eigenvalue weighted by Gasteiger charge is 2.09. The average molecular weight is 279 g/mol. The summed E-state index contributed by atoms with van der Waals surface area (Å²) < 4.78 is 5.64. The number of ether oxygens (including phenoxy) is 1. The fourth-order valence-electron chi connectivity index (χ4n) is 2.33. The number of aromatic nitrogens is 2. The van der Waals surface area contributed by atoms with Gasteiger partial charge in [-0.1, -0.05) is 42.5 Å². The van der Waals surface area contributed by atoms with Crippen LogP contribution >= 0.6 is 0 Å². The summed E-state index contributed by atoms with van der Waals surface area (Å²) in [4.78, 5) is 8.47. The molecule has 0 aliphatic carbocycles. The highest BCUT2D eigenvalue weighted by molar-refractivity contribution is 5.95. The summed E-state index contributed by atoms with van der Waals surface area (Å²) in [5.41, 5.74) is 7.61. The number of benzene rings is 2. The van der Waals surface area contributed by atoms with Gasteiger partial charge in [0, 0.05) is 11.6 Å². The third-order valence-electron chi connectivity index (χ3n) is 3.14. The first-order valence-electron chi connectivity index (χ1n) is 6.93. The quantitative estimate of drug-likeness (QED) is 0.794. The summed E-state index contributed by atoms with van der Waals surface area (Å²) in [5.74, 6) is 0.719. The van der Waals surface area contributed by atoms with Crippen molar-refractivity contribution in [2.24, 2.45) is 0 Å². The van der Waals surface area contributed by atoms with E-state index in [9.17, 15) is 0 Å². The van der Waals surface area contributed by atoms with E-state index >= 15 is 0 Å². The van der Waals surface area contributed by atoms with Gasteiger partial charge in [-0.25, -0.2) is 4.98 Å². The Hall–Kier alpha value is -2.62. The van der Waals surface area contributed by atoms with Crippen LogP contribution in [0, 0.1) is 0 Å². The van der Waals surface area contributed by atoms with Gasteiger partial charge < -0.3 is 10.5 Å². The molecule has 4 nitrogen and oxygen atoms in total. The smallest absolute Gasteiger partial charge is 0.223 e. The van der Waals surface area contributed by atoms with Crippen LogP contribution < -0.4 is 10.5 Å². The molecule has 0 saturated carbocycles. The van der Waals surface area contributed by atoms with Crippen molar-refractivity contribution in [1.29, 1.82) is 0 Å². The molecule has 2 N–H and O–H groups in total. The maximum absolute atomic E-state index is 5.81. The predicted molar refractivity (Wildman–Crippen MR) is 85.2 cm³/mol. The van der Waals surface area contributed by atoms with Crippen molar-refractivity contribution >= 4 is 16.7 Å². The zero-order valence-corrected chi connectivity index (χ0v) is 12.1. The maximum atomic E-state index is 5.81. The fourth-order valence-corrected chi connectivity index (χ4v) is 2.33. The standard InChI is InChI=1S/C17H17N3O/c1-11(2)21-16-10-15(19-17(18)20-16)14-9-5-7-12-6-3-4-8-13(12)14/h3-11H,1-2H3,(H2,18,19,20). The minimum atomic E-state index is 0.0414. The van der Waals surface area contributed by atoms with Gasteiger partial charge in [-0.3, -0.25) is 0 Å². The summed E-state index contributed by atoms with van der Waals surface area (Å²) in [5, 5.41) is 2.30. The van der Waals surface area contributed by atoms with E-state index < -0.39 is 0 Å². The topological polar surface area (TPSA) is 61.0 Å². The van der Waals surface area contributed by atoms with E-state index in [4.69, 9.17) is 10.5 Å². The molecule has 0 bridgehead atoms. The molecule has 21 heavy (non-hydrogen) atoms. The van der Waals surface area contributed by atoms with Crippen LogP contribution in [0.5, 0.6) is 5.88 Å². The van der Waals surface area contributed by atoms with E-state index in [0.29, 0.717) is 5.88 Å². The van der Waals surface area contributed by atoms with Crippen molar-refractivity contribution in [3.63, 3.8) is 0 Å². The van der Waals surface area contributed by atoms with Gasteiger partial charge in [0.05, 0.1) is 11.8 Å². The minimum absolute atomic E-state index is 0.0414. The van der Waals surface area contributed by atoms with Crippen LogP contribution in [0.15, 0.2) is 48.5 Å². The van der Waals surface area contributed by atoms with Crippen molar-refractivity contribution in [2.45, 2.75) is 20.0 Å². The van der Waals surface area contributed by atoms with Gasteiger partial charge in [-0.2, -0.15) is 4.98 Å². The van der Waals surface area contributed by atoms with Gasteiger partial charge in [-0.15, -0.1) is 0 Å². The molecule has 2 aromatic carbocycles. The average Bonchev–Trinajstić information content (AvgIpc) is 2.45. The molecule has 0 radical (unpaired) electrons. The Morgan fingerprint density at radius 3 is 2.57 bits per heavy atom. The predicted octanol–water partition coefficient (Wildman–Crippen LogP) is 3.67. The van der Waals surface area contributed by atoms with Gasteiger partial charge in [0.15, 0.2) is 0 Å². The number of nitrogens with two attached hydrogens (primary N) is 1. The Labute approximate surface area is 123 Å². The highest BCUT2D eigenvalue weighted by Crippen LogP contribution is 2.29. The molecule has 0 unspecified atom stereocenters. The SMILES string of the molecule is CC(C)Oc1cc(-c2cccc3ccccc23)nc(N)n1. The van der Waals surface area contributed by atoms with Crippen molar-refractivity contribution in [3.05, 3.63) is 48.5 Å². The van der Waals surface area contributed by atoms with E-state index in [2.05, 4.69) is 28.2 Å². The van der Waals surface area contributed by atoms with Crippen LogP contribution in [0.4, 0.5) is 5.95 Å². The van der Waals surface area contributed by atoms with Crippen LogP contribution in [0.1, 0.15) is 13.8 Å². The van der Waals surface area contributed by atoms with Crippen molar-refractivity contribution in [3.8, 4) is 17.1 Å². The van der Waals surface area contributed by atoms with Gasteiger partial charge in [0.25, 0.3) is 0 Å². The molecule has 0 aliphatic rings. The third-order valence-corrected chi connectivity index (χ3v) is 3.14. The zero-order valence-electron chi connectivity index (χ0n) is 12.1. The zero-order chi connectivity index (χ0) is 14.8. The molecule has 1 heterocycles. The van der Waals surface area contributed by atoms with Crippen molar-refractivity contribution in [1.82, 2.24) is 9.97 Å². The number of anilines is 1. The normalized spacial score (nSPS) is 11.0. The summed E-state index contributed by atoms with van der Waals surface area (Å²) in [6, 6.07) is 16.1. The number of hydrogen-bond donors (Lipinski definition) is 1. The van der Waals surface area contributed by atoms with E-state index in [0.717, 1.165) is 16.6 Å². The molecule has 0 aliphatic heterocycles. The second kappa shape index (κ2) is 5.40. The Balaban J connectivity index is 2.16. The monoisotopic (exact) mass is 279 g/mol. The van der Waals surface area contributed by atoms with E-state index in [-0.39, 0.29) is 12.1 Å². The highest BCUT2D eigenvalue weighted by atomic mass is 16.5. The first-order chi connectivity index (χ1) is 10.1. The molecule has 3 aromatic rings. The van der Waals surface area contributed by atoms with Crippen LogP contribution in [0.25, 0.3) is 22.0 Å². The number of nitrogens with zero attached hydrogens (tertiary/aromatic N) is 2. The van der Waals surface area contributed by atoms with Crippen LogP contribution in [-0.4, -0.2) is 16.1 Å². The Morgan fingerprint density at radius 2 is 1.76 bits per heavy atom. The van der Waals surface area contributed by atoms with Gasteiger partial charge in [0.1, 0.15) is 0 Å². The van der Waals surface area contributed by atoms with Gasteiger partial charge in [-0.05, 0) is 24.6 Å². The molecule has 106 valence electrons. The largest absolute Gasteiger partial charge is 0.475 e. The molecule has 0 amide bonds. The van der Waals surface area contributed by atoms with Crippen molar-refractivity contribution in [2.75, 3.05) is 5.73 Å². The van der Waals surface area contributed by atoms with Crippen molar-refractivity contribution < 1.29 is 4.74 Å². The van der Waals surface area contributed by atoms with E-state index in [1.807, 2.05) is 44.2 Å². The number of nitrogen functional groups attached to an aromatic ring is 1. The third kappa shape index (κ3) is 2.79. The Kier molecular flexibility index (Phi) is 3.44. The molecule has 0 spiro atoms. The first kappa shape index (κ1) is 13.4. The van der Waals surface area contributed by atoms with E-state index in [1.165, 1.54) is 5.39 Å². The number of rotatable bonds is 3.